The molecule has 1 N–H and O–H groups in total. The van der Waals surface area contributed by atoms with E-state index in [9.17, 15) is 5.11 Å². The largest absolute Gasteiger partial charge is 0.388 e. The fourth-order valence-electron chi connectivity index (χ4n) is 1.49. The molecule has 0 amide bonds. The molecule has 15 heavy (non-hydrogen) atoms. The number of hydrogen-bond acceptors (Lipinski definition) is 3. The number of aliphatic hydroxyl groups is 1. The molecule has 3 nitrogen and oxygen atoms in total. The minimum Gasteiger partial charge on any atom is -0.388 e. The first-order valence-corrected chi connectivity index (χ1v) is 5.45. The molecule has 0 aliphatic carbocycles. The van der Waals surface area contributed by atoms with Gasteiger partial charge in [0.15, 0.2) is 0 Å². The topological polar surface area (TPSA) is 36.4 Å². The van der Waals surface area contributed by atoms with Gasteiger partial charge in [0, 0.05) is 25.4 Å². The average molecular weight is 208 g/mol. The van der Waals surface area contributed by atoms with Gasteiger partial charge in [0.1, 0.15) is 5.82 Å². The zero-order chi connectivity index (χ0) is 11.4. The highest BCUT2D eigenvalue weighted by atomic mass is 16.3. The molecule has 0 aliphatic heterocycles. The molecular formula is C12H20N2O. The van der Waals surface area contributed by atoms with Crippen LogP contribution in [0.4, 0.5) is 5.82 Å². The maximum Gasteiger partial charge on any atom is 0.128 e. The van der Waals surface area contributed by atoms with E-state index in [4.69, 9.17) is 0 Å². The number of rotatable bonds is 4. The van der Waals surface area contributed by atoms with Gasteiger partial charge < -0.3 is 10.0 Å². The van der Waals surface area contributed by atoms with E-state index in [-0.39, 0.29) is 0 Å². The minimum atomic E-state index is -0.390. The molecule has 1 heterocycles. The monoisotopic (exact) mass is 208 g/mol. The molecule has 0 unspecified atom stereocenters. The van der Waals surface area contributed by atoms with Gasteiger partial charge in [0.2, 0.25) is 0 Å². The van der Waals surface area contributed by atoms with Crippen LogP contribution in [0.1, 0.15) is 37.5 Å². The maximum atomic E-state index is 9.74. The third-order valence-electron chi connectivity index (χ3n) is 2.75. The predicted molar refractivity (Wildman–Crippen MR) is 63.2 cm³/mol. The summed E-state index contributed by atoms with van der Waals surface area (Å²) in [6.07, 6.45) is 2.12. The van der Waals surface area contributed by atoms with Crippen molar-refractivity contribution in [3.05, 3.63) is 23.4 Å². The van der Waals surface area contributed by atoms with Crippen molar-refractivity contribution >= 4 is 5.82 Å². The van der Waals surface area contributed by atoms with Crippen LogP contribution >= 0.6 is 0 Å². The minimum absolute atomic E-state index is 0.390. The number of nitrogens with zero attached hydrogens (tertiary/aromatic N) is 2. The average Bonchev–Trinajstić information content (AvgIpc) is 2.26. The first kappa shape index (κ1) is 12.0. The number of hydrogen-bond donors (Lipinski definition) is 1. The van der Waals surface area contributed by atoms with Crippen LogP contribution in [0.5, 0.6) is 0 Å². The summed E-state index contributed by atoms with van der Waals surface area (Å²) < 4.78 is 0. The first-order chi connectivity index (χ1) is 7.10. The van der Waals surface area contributed by atoms with E-state index in [1.165, 1.54) is 0 Å². The summed E-state index contributed by atoms with van der Waals surface area (Å²) in [5, 5.41) is 9.74. The summed E-state index contributed by atoms with van der Waals surface area (Å²) in [5.41, 5.74) is 2.04. The second kappa shape index (κ2) is 5.12. The highest BCUT2D eigenvalue weighted by Gasteiger charge is 2.10. The number of aryl methyl sites for hydroxylation is 1. The van der Waals surface area contributed by atoms with Crippen molar-refractivity contribution in [2.75, 3.05) is 18.5 Å². The van der Waals surface area contributed by atoms with Crippen LogP contribution in [0.15, 0.2) is 12.3 Å². The standard InChI is InChI=1S/C12H20N2O/c1-5-11(15)10-8-13-12(7-9(10)3)14(4)6-2/h7-8,11,15H,5-6H2,1-4H3/t11-/m0/s1. The Morgan fingerprint density at radius 3 is 2.60 bits per heavy atom. The smallest absolute Gasteiger partial charge is 0.128 e. The molecular weight excluding hydrogens is 188 g/mol. The van der Waals surface area contributed by atoms with E-state index in [1.807, 2.05) is 27.0 Å². The van der Waals surface area contributed by atoms with Crippen LogP contribution in [-0.4, -0.2) is 23.7 Å². The molecule has 0 radical (unpaired) electrons. The van der Waals surface area contributed by atoms with Crippen molar-refractivity contribution in [2.24, 2.45) is 0 Å². The summed E-state index contributed by atoms with van der Waals surface area (Å²) in [4.78, 5) is 6.42. The van der Waals surface area contributed by atoms with E-state index >= 15 is 0 Å². The molecule has 0 saturated heterocycles. The quantitative estimate of drug-likeness (QED) is 0.824. The van der Waals surface area contributed by atoms with Crippen LogP contribution in [0.3, 0.4) is 0 Å². The number of anilines is 1. The van der Waals surface area contributed by atoms with Crippen molar-refractivity contribution < 1.29 is 5.11 Å². The maximum absolute atomic E-state index is 9.74. The highest BCUT2D eigenvalue weighted by molar-refractivity contribution is 5.43. The summed E-state index contributed by atoms with van der Waals surface area (Å²) in [7, 11) is 2.01. The third-order valence-corrected chi connectivity index (χ3v) is 2.75. The molecule has 1 aromatic rings. The lowest BCUT2D eigenvalue weighted by Gasteiger charge is -2.18. The molecule has 0 aromatic carbocycles. The Hall–Kier alpha value is -1.09. The summed E-state index contributed by atoms with van der Waals surface area (Å²) in [5.74, 6) is 0.960. The zero-order valence-corrected chi connectivity index (χ0v) is 9.99. The lowest BCUT2D eigenvalue weighted by Crippen LogP contribution is -2.17. The molecule has 0 fully saturated rings. The summed E-state index contributed by atoms with van der Waals surface area (Å²) >= 11 is 0. The lowest BCUT2D eigenvalue weighted by molar-refractivity contribution is 0.172. The Morgan fingerprint density at radius 2 is 2.13 bits per heavy atom. The fourth-order valence-corrected chi connectivity index (χ4v) is 1.49. The molecule has 3 heteroatoms. The zero-order valence-electron chi connectivity index (χ0n) is 9.99. The van der Waals surface area contributed by atoms with Gasteiger partial charge in [0.25, 0.3) is 0 Å². The molecule has 1 atom stereocenters. The highest BCUT2D eigenvalue weighted by Crippen LogP contribution is 2.22. The third kappa shape index (κ3) is 2.69. The normalized spacial score (nSPS) is 12.6. The number of pyridine rings is 1. The Kier molecular flexibility index (Phi) is 4.09. The Balaban J connectivity index is 2.97. The van der Waals surface area contributed by atoms with Gasteiger partial charge in [-0.2, -0.15) is 0 Å². The van der Waals surface area contributed by atoms with E-state index in [2.05, 4.69) is 16.8 Å². The van der Waals surface area contributed by atoms with Crippen molar-refractivity contribution in [2.45, 2.75) is 33.3 Å². The SMILES string of the molecule is CC[C@H](O)c1cnc(N(C)CC)cc1C. The molecule has 0 spiro atoms. The van der Waals surface area contributed by atoms with Crippen LogP contribution in [0, 0.1) is 6.92 Å². The molecule has 0 saturated carbocycles. The van der Waals surface area contributed by atoms with E-state index in [0.29, 0.717) is 0 Å². The van der Waals surface area contributed by atoms with E-state index < -0.39 is 6.10 Å². The van der Waals surface area contributed by atoms with Crippen molar-refractivity contribution in [1.29, 1.82) is 0 Å². The molecule has 1 rings (SSSR count). The lowest BCUT2D eigenvalue weighted by atomic mass is 10.0. The van der Waals surface area contributed by atoms with Gasteiger partial charge in [-0.05, 0) is 31.9 Å². The van der Waals surface area contributed by atoms with Crippen LogP contribution in [0.25, 0.3) is 0 Å². The molecule has 84 valence electrons. The van der Waals surface area contributed by atoms with Crippen molar-refractivity contribution in [3.8, 4) is 0 Å². The number of aromatic nitrogens is 1. The number of aliphatic hydroxyl groups excluding tert-OH is 1. The fraction of sp³-hybridized carbons (Fsp3) is 0.583. The van der Waals surface area contributed by atoms with Gasteiger partial charge in [-0.25, -0.2) is 4.98 Å². The second-order valence-electron chi connectivity index (χ2n) is 3.84. The molecule has 0 bridgehead atoms. The van der Waals surface area contributed by atoms with Gasteiger partial charge in [-0.1, -0.05) is 6.92 Å². The van der Waals surface area contributed by atoms with E-state index in [0.717, 1.165) is 29.9 Å². The Morgan fingerprint density at radius 1 is 1.47 bits per heavy atom. The van der Waals surface area contributed by atoms with Crippen molar-refractivity contribution in [3.63, 3.8) is 0 Å². The van der Waals surface area contributed by atoms with Crippen molar-refractivity contribution in [1.82, 2.24) is 4.98 Å². The summed E-state index contributed by atoms with van der Waals surface area (Å²) in [6.45, 7) is 7.01. The van der Waals surface area contributed by atoms with Crippen LogP contribution in [-0.2, 0) is 0 Å². The van der Waals surface area contributed by atoms with Gasteiger partial charge in [-0.15, -0.1) is 0 Å². The van der Waals surface area contributed by atoms with E-state index in [1.54, 1.807) is 6.20 Å². The predicted octanol–water partition coefficient (Wildman–Crippen LogP) is 2.29. The first-order valence-electron chi connectivity index (χ1n) is 5.45. The molecule has 0 aliphatic rings. The summed E-state index contributed by atoms with van der Waals surface area (Å²) in [6, 6.07) is 2.03. The Bertz CT molecular complexity index is 325. The van der Waals surface area contributed by atoms with Crippen LogP contribution < -0.4 is 4.90 Å². The Labute approximate surface area is 91.8 Å². The molecule has 1 aromatic heterocycles. The van der Waals surface area contributed by atoms with Gasteiger partial charge in [0.05, 0.1) is 6.10 Å². The van der Waals surface area contributed by atoms with Gasteiger partial charge >= 0.3 is 0 Å². The van der Waals surface area contributed by atoms with Crippen LogP contribution in [0.2, 0.25) is 0 Å². The second-order valence-corrected chi connectivity index (χ2v) is 3.84. The van der Waals surface area contributed by atoms with Gasteiger partial charge in [-0.3, -0.25) is 0 Å².